The molecule has 0 unspecified atom stereocenters. The minimum absolute atomic E-state index is 0.324. The zero-order valence-corrected chi connectivity index (χ0v) is 11.2. The molecule has 0 aliphatic carbocycles. The Labute approximate surface area is 107 Å². The second-order valence-electron chi connectivity index (χ2n) is 4.54. The molecule has 3 aromatic heterocycles. The Morgan fingerprint density at radius 3 is 2.58 bits per heavy atom. The van der Waals surface area contributed by atoms with Gasteiger partial charge in [0.05, 0.1) is 5.69 Å². The van der Waals surface area contributed by atoms with Crippen molar-refractivity contribution in [2.75, 3.05) is 0 Å². The van der Waals surface area contributed by atoms with Crippen molar-refractivity contribution < 1.29 is 4.42 Å². The molecule has 0 bridgehead atoms. The van der Waals surface area contributed by atoms with Crippen LogP contribution in [-0.4, -0.2) is 18.5 Å². The maximum Gasteiger partial charge on any atom is 0.332 e. The molecule has 19 heavy (non-hydrogen) atoms. The van der Waals surface area contributed by atoms with E-state index >= 15 is 0 Å². The molecule has 0 N–H and O–H groups in total. The lowest BCUT2D eigenvalue weighted by Gasteiger charge is -2.05. The Morgan fingerprint density at radius 1 is 1.26 bits per heavy atom. The number of rotatable bonds is 1. The predicted molar refractivity (Wildman–Crippen MR) is 69.6 cm³/mol. The largest absolute Gasteiger partial charge is 0.428 e. The highest BCUT2D eigenvalue weighted by Gasteiger charge is 2.20. The monoisotopic (exact) mass is 262 g/mol. The highest BCUT2D eigenvalue weighted by Crippen LogP contribution is 2.19. The topological polar surface area (TPSA) is 74.4 Å². The van der Waals surface area contributed by atoms with Crippen molar-refractivity contribution in [2.45, 2.75) is 27.3 Å². The van der Waals surface area contributed by atoms with Crippen molar-refractivity contribution in [3.8, 4) is 0 Å². The Kier molecular flexibility index (Phi) is 2.23. The van der Waals surface area contributed by atoms with Gasteiger partial charge < -0.3 is 4.42 Å². The van der Waals surface area contributed by atoms with Crippen LogP contribution < -0.4 is 11.2 Å². The number of aromatic nitrogens is 4. The fraction of sp³-hybridized carbons (Fsp3) is 0.417. The molecule has 3 heterocycles. The lowest BCUT2D eigenvalue weighted by Crippen LogP contribution is -2.38. The van der Waals surface area contributed by atoms with E-state index in [0.717, 1.165) is 5.69 Å². The molecule has 0 fully saturated rings. The molecule has 0 radical (unpaired) electrons. The van der Waals surface area contributed by atoms with E-state index in [4.69, 9.17) is 4.42 Å². The number of hydrogen-bond donors (Lipinski definition) is 0. The molecule has 0 saturated carbocycles. The van der Waals surface area contributed by atoms with Crippen molar-refractivity contribution in [1.29, 1.82) is 0 Å². The molecular weight excluding hydrogens is 248 g/mol. The summed E-state index contributed by atoms with van der Waals surface area (Å²) >= 11 is 0. The van der Waals surface area contributed by atoms with Gasteiger partial charge in [-0.1, -0.05) is 0 Å². The number of nitrogens with zero attached hydrogens (tertiary/aromatic N) is 4. The molecule has 0 aliphatic rings. The van der Waals surface area contributed by atoms with E-state index in [0.29, 0.717) is 29.3 Å². The molecule has 0 spiro atoms. The molecule has 0 aliphatic heterocycles. The minimum Gasteiger partial charge on any atom is -0.428 e. The van der Waals surface area contributed by atoms with Crippen LogP contribution >= 0.6 is 0 Å². The predicted octanol–water partition coefficient (Wildman–Crippen LogP) is 0.578. The fourth-order valence-electron chi connectivity index (χ4n) is 2.33. The van der Waals surface area contributed by atoms with Crippen LogP contribution in [0, 0.1) is 13.8 Å². The first kappa shape index (κ1) is 11.8. The normalized spacial score (nSPS) is 11.8. The number of imidazole rings is 1. The average molecular weight is 262 g/mol. The van der Waals surface area contributed by atoms with Crippen LogP contribution in [0.5, 0.6) is 0 Å². The summed E-state index contributed by atoms with van der Waals surface area (Å²) in [6.45, 7) is 5.76. The van der Waals surface area contributed by atoms with E-state index < -0.39 is 0 Å². The number of hydrogen-bond acceptors (Lipinski definition) is 4. The van der Waals surface area contributed by atoms with Gasteiger partial charge in [-0.2, -0.15) is 4.98 Å². The summed E-state index contributed by atoms with van der Waals surface area (Å²) in [7, 11) is 1.60. The van der Waals surface area contributed by atoms with Gasteiger partial charge in [-0.15, -0.1) is 0 Å². The lowest BCUT2D eigenvalue weighted by molar-refractivity contribution is 0.561. The van der Waals surface area contributed by atoms with E-state index in [2.05, 4.69) is 4.98 Å². The molecule has 3 rings (SSSR count). The van der Waals surface area contributed by atoms with Gasteiger partial charge in [-0.25, -0.2) is 4.79 Å². The second-order valence-corrected chi connectivity index (χ2v) is 4.54. The Bertz CT molecular complexity index is 923. The van der Waals surface area contributed by atoms with Crippen molar-refractivity contribution in [3.63, 3.8) is 0 Å². The van der Waals surface area contributed by atoms with E-state index in [1.807, 2.05) is 13.8 Å². The third-order valence-corrected chi connectivity index (χ3v) is 3.52. The molecule has 3 aromatic rings. The van der Waals surface area contributed by atoms with E-state index in [-0.39, 0.29) is 11.2 Å². The number of oxazole rings is 1. The summed E-state index contributed by atoms with van der Waals surface area (Å²) in [5.74, 6) is 1.05. The summed E-state index contributed by atoms with van der Waals surface area (Å²) in [4.78, 5) is 28.7. The summed E-state index contributed by atoms with van der Waals surface area (Å²) in [6.07, 6.45) is 0. The van der Waals surface area contributed by atoms with Gasteiger partial charge in [0.2, 0.25) is 0 Å². The summed E-state index contributed by atoms with van der Waals surface area (Å²) in [5, 5.41) is 0. The molecule has 0 amide bonds. The van der Waals surface area contributed by atoms with Gasteiger partial charge in [-0.05, 0) is 20.8 Å². The zero-order chi connectivity index (χ0) is 13.9. The van der Waals surface area contributed by atoms with Crippen LogP contribution in [0.15, 0.2) is 14.0 Å². The van der Waals surface area contributed by atoms with Crippen LogP contribution in [-0.2, 0) is 13.6 Å². The van der Waals surface area contributed by atoms with E-state index in [1.54, 1.807) is 18.4 Å². The van der Waals surface area contributed by atoms with Gasteiger partial charge >= 0.3 is 11.5 Å². The van der Waals surface area contributed by atoms with Crippen molar-refractivity contribution in [2.24, 2.45) is 7.05 Å². The van der Waals surface area contributed by atoms with Crippen LogP contribution in [0.2, 0.25) is 0 Å². The Morgan fingerprint density at radius 2 is 1.95 bits per heavy atom. The van der Waals surface area contributed by atoms with Gasteiger partial charge in [0.25, 0.3) is 5.56 Å². The highest BCUT2D eigenvalue weighted by atomic mass is 16.4. The first-order valence-corrected chi connectivity index (χ1v) is 6.05. The first-order chi connectivity index (χ1) is 8.97. The van der Waals surface area contributed by atoms with Crippen molar-refractivity contribution >= 4 is 17.0 Å². The molecule has 0 atom stereocenters. The van der Waals surface area contributed by atoms with Gasteiger partial charge in [0, 0.05) is 13.6 Å². The van der Waals surface area contributed by atoms with Crippen LogP contribution in [0.1, 0.15) is 18.4 Å². The Balaban J connectivity index is 2.71. The van der Waals surface area contributed by atoms with Crippen LogP contribution in [0.25, 0.3) is 17.0 Å². The SMILES string of the molecule is CCn1c(=O)c2c(nc3oc(C)c(C)n32)n(C)c1=O. The fourth-order valence-corrected chi connectivity index (χ4v) is 2.33. The zero-order valence-electron chi connectivity index (χ0n) is 11.2. The van der Waals surface area contributed by atoms with E-state index in [9.17, 15) is 9.59 Å². The first-order valence-electron chi connectivity index (χ1n) is 6.05. The lowest BCUT2D eigenvalue weighted by atomic mass is 10.4. The molecular formula is C12H14N4O3. The van der Waals surface area contributed by atoms with Crippen molar-refractivity contribution in [3.05, 3.63) is 32.3 Å². The molecule has 0 aromatic carbocycles. The van der Waals surface area contributed by atoms with Gasteiger partial charge in [0.1, 0.15) is 5.76 Å². The van der Waals surface area contributed by atoms with Gasteiger partial charge in [0.15, 0.2) is 11.2 Å². The molecule has 7 heteroatoms. The number of aryl methyl sites for hydroxylation is 3. The highest BCUT2D eigenvalue weighted by molar-refractivity contribution is 5.75. The third-order valence-electron chi connectivity index (χ3n) is 3.52. The molecule has 100 valence electrons. The number of fused-ring (bicyclic) bond motifs is 3. The minimum atomic E-state index is -0.366. The smallest absolute Gasteiger partial charge is 0.332 e. The Hall–Kier alpha value is -2.31. The second kappa shape index (κ2) is 3.59. The third kappa shape index (κ3) is 1.29. The molecule has 0 saturated heterocycles. The summed E-state index contributed by atoms with van der Waals surface area (Å²) in [5.41, 5.74) is 0.845. The van der Waals surface area contributed by atoms with Gasteiger partial charge in [-0.3, -0.25) is 18.3 Å². The quantitative estimate of drug-likeness (QED) is 0.643. The average Bonchev–Trinajstić information content (AvgIpc) is 2.86. The standard InChI is InChI=1S/C12H14N4O3/c1-5-15-10(17)8-9(14(4)12(15)18)13-11-16(8)6(2)7(3)19-11/h5H2,1-4H3. The maximum atomic E-state index is 12.4. The van der Waals surface area contributed by atoms with Crippen molar-refractivity contribution in [1.82, 2.24) is 18.5 Å². The van der Waals surface area contributed by atoms with Crippen LogP contribution in [0.4, 0.5) is 0 Å². The van der Waals surface area contributed by atoms with Crippen LogP contribution in [0.3, 0.4) is 0 Å². The maximum absolute atomic E-state index is 12.4. The summed E-state index contributed by atoms with van der Waals surface area (Å²) in [6, 6.07) is 0. The summed E-state index contributed by atoms with van der Waals surface area (Å²) < 4.78 is 9.73. The van der Waals surface area contributed by atoms with E-state index in [1.165, 1.54) is 9.13 Å². The molecule has 7 nitrogen and oxygen atoms in total.